The monoisotopic (exact) mass is 314 g/mol. The molecule has 0 aliphatic rings. The third kappa shape index (κ3) is 3.21. The molecule has 1 aromatic carbocycles. The third-order valence-corrected chi connectivity index (χ3v) is 2.74. The van der Waals surface area contributed by atoms with Gasteiger partial charge in [0.2, 0.25) is 0 Å². The first-order valence-electron chi connectivity index (χ1n) is 5.59. The second-order valence-corrected chi connectivity index (χ2v) is 4.05. The van der Waals surface area contributed by atoms with Gasteiger partial charge in [0.25, 0.3) is 5.60 Å². The van der Waals surface area contributed by atoms with Gasteiger partial charge in [-0.2, -0.15) is 26.3 Å². The quantitative estimate of drug-likeness (QED) is 0.597. The maximum absolute atomic E-state index is 13.1. The second-order valence-electron chi connectivity index (χ2n) is 4.05. The SMILES string of the molecule is C=Cc1ccc(C(OCOC)(C(F)(F)F)C(F)(F)F)cc1. The van der Waals surface area contributed by atoms with Crippen LogP contribution in [0.2, 0.25) is 0 Å². The van der Waals surface area contributed by atoms with Crippen molar-refractivity contribution >= 4 is 6.08 Å². The van der Waals surface area contributed by atoms with E-state index >= 15 is 0 Å². The van der Waals surface area contributed by atoms with Crippen molar-refractivity contribution in [2.45, 2.75) is 18.0 Å². The number of ether oxygens (including phenoxy) is 2. The van der Waals surface area contributed by atoms with Crippen LogP contribution < -0.4 is 0 Å². The van der Waals surface area contributed by atoms with Crippen LogP contribution in [0.3, 0.4) is 0 Å². The van der Waals surface area contributed by atoms with Crippen LogP contribution in [0.4, 0.5) is 26.3 Å². The number of alkyl halides is 6. The molecule has 0 aliphatic carbocycles. The summed E-state index contributed by atoms with van der Waals surface area (Å²) in [5, 5.41) is 0. The van der Waals surface area contributed by atoms with Gasteiger partial charge < -0.3 is 9.47 Å². The Bertz CT molecular complexity index is 461. The Kier molecular flexibility index (Phi) is 5.06. The van der Waals surface area contributed by atoms with Crippen LogP contribution in [0.1, 0.15) is 11.1 Å². The first kappa shape index (κ1) is 17.5. The molecule has 0 saturated heterocycles. The molecule has 2 nitrogen and oxygen atoms in total. The molecule has 1 rings (SSSR count). The van der Waals surface area contributed by atoms with Gasteiger partial charge in [0, 0.05) is 12.7 Å². The number of hydrogen-bond acceptors (Lipinski definition) is 2. The van der Waals surface area contributed by atoms with Crippen molar-refractivity contribution in [3.63, 3.8) is 0 Å². The van der Waals surface area contributed by atoms with Gasteiger partial charge in [-0.3, -0.25) is 0 Å². The number of halogens is 6. The van der Waals surface area contributed by atoms with E-state index in [1.807, 2.05) is 0 Å². The Morgan fingerprint density at radius 2 is 1.48 bits per heavy atom. The van der Waals surface area contributed by atoms with Crippen LogP contribution in [0.15, 0.2) is 30.8 Å². The molecule has 0 heterocycles. The molecule has 0 N–H and O–H groups in total. The summed E-state index contributed by atoms with van der Waals surface area (Å²) >= 11 is 0. The van der Waals surface area contributed by atoms with Crippen LogP contribution in [0, 0.1) is 0 Å². The molecule has 118 valence electrons. The number of methoxy groups -OCH3 is 1. The summed E-state index contributed by atoms with van der Waals surface area (Å²) in [5.74, 6) is 0. The van der Waals surface area contributed by atoms with E-state index in [0.29, 0.717) is 17.7 Å². The normalized spacial score (nSPS) is 13.3. The first-order chi connectivity index (χ1) is 9.60. The van der Waals surface area contributed by atoms with Gasteiger partial charge in [0.1, 0.15) is 6.79 Å². The van der Waals surface area contributed by atoms with Gasteiger partial charge in [0.15, 0.2) is 0 Å². The zero-order valence-corrected chi connectivity index (χ0v) is 10.9. The molecule has 0 bridgehead atoms. The molecular formula is C13H12F6O2. The molecule has 1 aromatic rings. The van der Waals surface area contributed by atoms with E-state index in [0.717, 1.165) is 19.2 Å². The van der Waals surface area contributed by atoms with Crippen molar-refractivity contribution in [2.75, 3.05) is 13.9 Å². The van der Waals surface area contributed by atoms with Gasteiger partial charge in [-0.15, -0.1) is 0 Å². The van der Waals surface area contributed by atoms with Gasteiger partial charge in [-0.25, -0.2) is 0 Å². The minimum Gasteiger partial charge on any atom is -0.359 e. The lowest BCUT2D eigenvalue weighted by atomic mass is 9.91. The topological polar surface area (TPSA) is 18.5 Å². The predicted octanol–water partition coefficient (Wildman–Crippen LogP) is 4.27. The fourth-order valence-electron chi connectivity index (χ4n) is 1.74. The molecule has 0 spiro atoms. The van der Waals surface area contributed by atoms with Crippen LogP contribution in [-0.4, -0.2) is 26.3 Å². The molecule has 0 radical (unpaired) electrons. The van der Waals surface area contributed by atoms with E-state index in [1.54, 1.807) is 0 Å². The molecule has 8 heteroatoms. The Labute approximate surface area is 117 Å². The van der Waals surface area contributed by atoms with Gasteiger partial charge >= 0.3 is 12.4 Å². The second kappa shape index (κ2) is 6.07. The van der Waals surface area contributed by atoms with Crippen molar-refractivity contribution < 1.29 is 35.8 Å². The van der Waals surface area contributed by atoms with Crippen molar-refractivity contribution in [1.29, 1.82) is 0 Å². The highest BCUT2D eigenvalue weighted by Crippen LogP contribution is 2.52. The zero-order valence-electron chi connectivity index (χ0n) is 10.9. The number of benzene rings is 1. The lowest BCUT2D eigenvalue weighted by Crippen LogP contribution is -2.56. The average molecular weight is 314 g/mol. The summed E-state index contributed by atoms with van der Waals surface area (Å²) in [6, 6.07) is 3.58. The van der Waals surface area contributed by atoms with E-state index in [9.17, 15) is 26.3 Å². The highest BCUT2D eigenvalue weighted by Gasteiger charge is 2.73. The van der Waals surface area contributed by atoms with Crippen molar-refractivity contribution in [3.05, 3.63) is 42.0 Å². The van der Waals surface area contributed by atoms with E-state index < -0.39 is 30.3 Å². The highest BCUT2D eigenvalue weighted by atomic mass is 19.4. The Morgan fingerprint density at radius 3 is 1.81 bits per heavy atom. The fourth-order valence-corrected chi connectivity index (χ4v) is 1.74. The van der Waals surface area contributed by atoms with Crippen LogP contribution in [0.25, 0.3) is 6.08 Å². The minimum absolute atomic E-state index is 0.378. The number of hydrogen-bond donors (Lipinski definition) is 0. The summed E-state index contributed by atoms with van der Waals surface area (Å²) in [7, 11) is 0.929. The summed E-state index contributed by atoms with van der Waals surface area (Å²) < 4.78 is 87.1. The molecule has 0 aliphatic heterocycles. The lowest BCUT2D eigenvalue weighted by molar-refractivity contribution is -0.400. The Balaban J connectivity index is 3.49. The average Bonchev–Trinajstić information content (AvgIpc) is 2.37. The van der Waals surface area contributed by atoms with Gasteiger partial charge in [-0.1, -0.05) is 36.9 Å². The van der Waals surface area contributed by atoms with Crippen molar-refractivity contribution in [2.24, 2.45) is 0 Å². The molecule has 0 saturated carbocycles. The number of rotatable bonds is 5. The first-order valence-corrected chi connectivity index (χ1v) is 5.59. The van der Waals surface area contributed by atoms with Crippen LogP contribution in [-0.2, 0) is 15.1 Å². The molecule has 0 amide bonds. The molecular weight excluding hydrogens is 302 g/mol. The van der Waals surface area contributed by atoms with Crippen molar-refractivity contribution in [3.8, 4) is 0 Å². The zero-order chi connectivity index (χ0) is 16.3. The summed E-state index contributed by atoms with van der Waals surface area (Å²) in [6.45, 7) is 2.21. The standard InChI is InChI=1S/C13H12F6O2/c1-3-9-4-6-10(7-5-9)11(12(14,15)16,13(17,18)19)21-8-20-2/h3-7H,1,8H2,2H3. The Morgan fingerprint density at radius 1 is 1.00 bits per heavy atom. The highest BCUT2D eigenvalue weighted by molar-refractivity contribution is 5.48. The summed E-state index contributed by atoms with van der Waals surface area (Å²) in [4.78, 5) is 0. The van der Waals surface area contributed by atoms with Crippen molar-refractivity contribution in [1.82, 2.24) is 0 Å². The third-order valence-electron chi connectivity index (χ3n) is 2.74. The van der Waals surface area contributed by atoms with Crippen LogP contribution >= 0.6 is 0 Å². The lowest BCUT2D eigenvalue weighted by Gasteiger charge is -2.37. The largest absolute Gasteiger partial charge is 0.430 e. The maximum Gasteiger partial charge on any atom is 0.430 e. The summed E-state index contributed by atoms with van der Waals surface area (Å²) in [5.41, 5.74) is -5.15. The molecule has 0 unspecified atom stereocenters. The predicted molar refractivity (Wildman–Crippen MR) is 63.3 cm³/mol. The van der Waals surface area contributed by atoms with E-state index in [1.165, 1.54) is 6.08 Å². The Hall–Kier alpha value is -1.54. The minimum atomic E-state index is -5.71. The van der Waals surface area contributed by atoms with E-state index in [2.05, 4.69) is 16.1 Å². The molecule has 0 aromatic heterocycles. The smallest absolute Gasteiger partial charge is 0.359 e. The van der Waals surface area contributed by atoms with Crippen LogP contribution in [0.5, 0.6) is 0 Å². The molecule has 21 heavy (non-hydrogen) atoms. The van der Waals surface area contributed by atoms with E-state index in [-0.39, 0.29) is 0 Å². The van der Waals surface area contributed by atoms with E-state index in [4.69, 9.17) is 0 Å². The summed E-state index contributed by atoms with van der Waals surface area (Å²) in [6.07, 6.45) is -10.1. The molecule has 0 fully saturated rings. The maximum atomic E-state index is 13.1. The van der Waals surface area contributed by atoms with Gasteiger partial charge in [0.05, 0.1) is 0 Å². The fraction of sp³-hybridized carbons (Fsp3) is 0.385. The van der Waals surface area contributed by atoms with Gasteiger partial charge in [-0.05, 0) is 5.56 Å². The molecule has 0 atom stereocenters.